The molecule has 0 saturated carbocycles. The molecule has 134 valence electrons. The van der Waals surface area contributed by atoms with E-state index < -0.39 is 0 Å². The normalized spacial score (nSPS) is 10.3. The molecule has 2 aromatic carbocycles. The number of hydrogen-bond donors (Lipinski definition) is 2. The molecule has 0 saturated heterocycles. The van der Waals surface area contributed by atoms with Gasteiger partial charge in [0.05, 0.1) is 12.2 Å². The minimum Gasteiger partial charge on any atom is -0.490 e. The zero-order chi connectivity index (χ0) is 17.9. The summed E-state index contributed by atoms with van der Waals surface area (Å²) in [7, 11) is 0. The Kier molecular flexibility index (Phi) is 7.79. The van der Waals surface area contributed by atoms with Crippen molar-refractivity contribution in [1.29, 1.82) is 0 Å². The van der Waals surface area contributed by atoms with Gasteiger partial charge in [-0.1, -0.05) is 31.2 Å². The molecule has 0 fully saturated rings. The third-order valence-corrected chi connectivity index (χ3v) is 3.51. The summed E-state index contributed by atoms with van der Waals surface area (Å²) in [5.74, 6) is 1.61. The predicted molar refractivity (Wildman–Crippen MR) is 99.6 cm³/mol. The molecule has 2 N–H and O–H groups in total. The van der Waals surface area contributed by atoms with Crippen LogP contribution in [0.1, 0.15) is 30.6 Å². The van der Waals surface area contributed by atoms with Crippen LogP contribution < -0.4 is 20.1 Å². The summed E-state index contributed by atoms with van der Waals surface area (Å²) in [4.78, 5) is 12.4. The number of benzene rings is 2. The van der Waals surface area contributed by atoms with Gasteiger partial charge in [0.1, 0.15) is 5.75 Å². The lowest BCUT2D eigenvalue weighted by atomic mass is 10.2. The van der Waals surface area contributed by atoms with Gasteiger partial charge in [0, 0.05) is 13.1 Å². The van der Waals surface area contributed by atoms with Crippen LogP contribution in [0.5, 0.6) is 17.2 Å². The van der Waals surface area contributed by atoms with Crippen molar-refractivity contribution >= 4 is 5.91 Å². The fourth-order valence-electron chi connectivity index (χ4n) is 2.33. The Bertz CT molecular complexity index is 673. The molecule has 0 aliphatic rings. The maximum atomic E-state index is 12.4. The Morgan fingerprint density at radius 2 is 1.56 bits per heavy atom. The fourth-order valence-corrected chi connectivity index (χ4v) is 2.33. The maximum absolute atomic E-state index is 12.4. The number of amides is 1. The number of ether oxygens (including phenoxy) is 2. The molecule has 5 nitrogen and oxygen atoms in total. The summed E-state index contributed by atoms with van der Waals surface area (Å²) in [5.41, 5.74) is 0.504. The van der Waals surface area contributed by atoms with Gasteiger partial charge < -0.3 is 20.1 Å². The van der Waals surface area contributed by atoms with Gasteiger partial charge in [-0.15, -0.1) is 0 Å². The highest BCUT2D eigenvalue weighted by atomic mass is 16.5. The molecule has 25 heavy (non-hydrogen) atoms. The summed E-state index contributed by atoms with van der Waals surface area (Å²) >= 11 is 0. The second-order valence-corrected chi connectivity index (χ2v) is 5.48. The number of rotatable bonds is 10. The molecular weight excluding hydrogens is 316 g/mol. The summed E-state index contributed by atoms with van der Waals surface area (Å²) in [6.07, 6.45) is 1.07. The van der Waals surface area contributed by atoms with E-state index in [0.717, 1.165) is 19.5 Å². The number of para-hydroxylation sites is 3. The second-order valence-electron chi connectivity index (χ2n) is 5.48. The molecule has 0 aliphatic carbocycles. The average molecular weight is 342 g/mol. The van der Waals surface area contributed by atoms with E-state index >= 15 is 0 Å². The first kappa shape index (κ1) is 18.8. The van der Waals surface area contributed by atoms with E-state index in [1.165, 1.54) is 0 Å². The first-order valence-corrected chi connectivity index (χ1v) is 8.73. The fraction of sp³-hybridized carbons (Fsp3) is 0.350. The molecule has 0 heterocycles. The van der Waals surface area contributed by atoms with Crippen LogP contribution in [0.15, 0.2) is 48.5 Å². The largest absolute Gasteiger partial charge is 0.490 e. The zero-order valence-electron chi connectivity index (χ0n) is 14.9. The lowest BCUT2D eigenvalue weighted by Gasteiger charge is -2.14. The average Bonchev–Trinajstić information content (AvgIpc) is 2.64. The molecule has 1 amide bonds. The Balaban J connectivity index is 2.06. The molecule has 0 radical (unpaired) electrons. The van der Waals surface area contributed by atoms with Crippen molar-refractivity contribution in [3.8, 4) is 17.2 Å². The van der Waals surface area contributed by atoms with E-state index in [-0.39, 0.29) is 5.91 Å². The van der Waals surface area contributed by atoms with Gasteiger partial charge in [0.25, 0.3) is 5.91 Å². The molecule has 0 unspecified atom stereocenters. The highest BCUT2D eigenvalue weighted by Crippen LogP contribution is 2.32. The Morgan fingerprint density at radius 1 is 0.880 bits per heavy atom. The molecular formula is C20H26N2O3. The van der Waals surface area contributed by atoms with Crippen molar-refractivity contribution in [3.63, 3.8) is 0 Å². The van der Waals surface area contributed by atoms with E-state index in [1.807, 2.05) is 43.3 Å². The monoisotopic (exact) mass is 342 g/mol. The zero-order valence-corrected chi connectivity index (χ0v) is 14.9. The van der Waals surface area contributed by atoms with Crippen molar-refractivity contribution in [1.82, 2.24) is 10.6 Å². The maximum Gasteiger partial charge on any atom is 0.255 e. The molecule has 2 rings (SSSR count). The van der Waals surface area contributed by atoms with Crippen LogP contribution in [-0.4, -0.2) is 32.1 Å². The molecule has 0 aliphatic heterocycles. The lowest BCUT2D eigenvalue weighted by molar-refractivity contribution is 0.0951. The standard InChI is InChI=1S/C20H26N2O3/c1-3-13-21-14-15-22-20(23)16-9-5-6-10-17(16)25-19-12-8-7-11-18(19)24-4-2/h5-12,21H,3-4,13-15H2,1-2H3,(H,22,23). The molecule has 0 atom stereocenters. The van der Waals surface area contributed by atoms with E-state index in [2.05, 4.69) is 17.6 Å². The molecule has 0 bridgehead atoms. The van der Waals surface area contributed by atoms with Crippen molar-refractivity contribution in [2.75, 3.05) is 26.2 Å². The number of carbonyl (C=O) groups excluding carboxylic acids is 1. The van der Waals surface area contributed by atoms with Crippen LogP contribution in [0.25, 0.3) is 0 Å². The lowest BCUT2D eigenvalue weighted by Crippen LogP contribution is -2.32. The Morgan fingerprint density at radius 3 is 2.28 bits per heavy atom. The highest BCUT2D eigenvalue weighted by Gasteiger charge is 2.14. The minimum absolute atomic E-state index is 0.150. The van der Waals surface area contributed by atoms with Gasteiger partial charge in [-0.05, 0) is 44.2 Å². The van der Waals surface area contributed by atoms with Crippen molar-refractivity contribution in [2.45, 2.75) is 20.3 Å². The second kappa shape index (κ2) is 10.4. The topological polar surface area (TPSA) is 59.6 Å². The summed E-state index contributed by atoms with van der Waals surface area (Å²) in [5, 5.41) is 6.17. The Hall–Kier alpha value is -2.53. The van der Waals surface area contributed by atoms with Crippen molar-refractivity contribution < 1.29 is 14.3 Å². The summed E-state index contributed by atoms with van der Waals surface area (Å²) in [6, 6.07) is 14.7. The van der Waals surface area contributed by atoms with Crippen LogP contribution in [0.2, 0.25) is 0 Å². The van der Waals surface area contributed by atoms with E-state index in [9.17, 15) is 4.79 Å². The van der Waals surface area contributed by atoms with Crippen LogP contribution in [-0.2, 0) is 0 Å². The van der Waals surface area contributed by atoms with Crippen LogP contribution >= 0.6 is 0 Å². The first-order chi connectivity index (χ1) is 12.3. The van der Waals surface area contributed by atoms with Crippen molar-refractivity contribution in [3.05, 3.63) is 54.1 Å². The van der Waals surface area contributed by atoms with Gasteiger partial charge in [-0.25, -0.2) is 0 Å². The van der Waals surface area contributed by atoms with Gasteiger partial charge in [0.15, 0.2) is 11.5 Å². The third-order valence-electron chi connectivity index (χ3n) is 3.51. The van der Waals surface area contributed by atoms with Crippen LogP contribution in [0.4, 0.5) is 0 Å². The third kappa shape index (κ3) is 5.80. The number of carbonyl (C=O) groups is 1. The predicted octanol–water partition coefficient (Wildman–Crippen LogP) is 3.61. The van der Waals surface area contributed by atoms with Gasteiger partial charge in [-0.3, -0.25) is 4.79 Å². The van der Waals surface area contributed by atoms with Crippen LogP contribution in [0, 0.1) is 0 Å². The number of nitrogens with one attached hydrogen (secondary N) is 2. The van der Waals surface area contributed by atoms with Crippen LogP contribution in [0.3, 0.4) is 0 Å². The molecule has 0 aromatic heterocycles. The SMILES string of the molecule is CCCNCCNC(=O)c1ccccc1Oc1ccccc1OCC. The van der Waals surface area contributed by atoms with Gasteiger partial charge in [0.2, 0.25) is 0 Å². The minimum atomic E-state index is -0.150. The Labute approximate surface area is 149 Å². The first-order valence-electron chi connectivity index (χ1n) is 8.73. The summed E-state index contributed by atoms with van der Waals surface area (Å²) < 4.78 is 11.5. The molecule has 5 heteroatoms. The van der Waals surface area contributed by atoms with Gasteiger partial charge in [-0.2, -0.15) is 0 Å². The highest BCUT2D eigenvalue weighted by molar-refractivity contribution is 5.97. The van der Waals surface area contributed by atoms with E-state index in [0.29, 0.717) is 36.0 Å². The van der Waals surface area contributed by atoms with Crippen molar-refractivity contribution in [2.24, 2.45) is 0 Å². The molecule has 0 spiro atoms. The van der Waals surface area contributed by atoms with E-state index in [4.69, 9.17) is 9.47 Å². The summed E-state index contributed by atoms with van der Waals surface area (Å²) in [6.45, 7) is 6.85. The number of hydrogen-bond acceptors (Lipinski definition) is 4. The smallest absolute Gasteiger partial charge is 0.255 e. The quantitative estimate of drug-likeness (QED) is 0.648. The van der Waals surface area contributed by atoms with E-state index in [1.54, 1.807) is 12.1 Å². The van der Waals surface area contributed by atoms with Gasteiger partial charge >= 0.3 is 0 Å². The molecule has 2 aromatic rings.